The molecule has 0 aromatic heterocycles. The molecule has 140 valence electrons. The van der Waals surface area contributed by atoms with Crippen LogP contribution in [0, 0.1) is 11.8 Å². The zero-order valence-electron chi connectivity index (χ0n) is 16.6. The second-order valence-electron chi connectivity index (χ2n) is 7.78. The fourth-order valence-corrected chi connectivity index (χ4v) is 2.71. The van der Waals surface area contributed by atoms with E-state index in [9.17, 15) is 4.79 Å². The average Bonchev–Trinajstić information content (AvgIpc) is 2.60. The summed E-state index contributed by atoms with van der Waals surface area (Å²) in [6.45, 7) is 11.3. The van der Waals surface area contributed by atoms with Crippen LogP contribution in [0.1, 0.15) is 51.7 Å². The van der Waals surface area contributed by atoms with Crippen LogP contribution in [0.4, 0.5) is 5.69 Å². The molecule has 0 aliphatic carbocycles. The van der Waals surface area contributed by atoms with Gasteiger partial charge in [0.05, 0.1) is 12.5 Å². The highest BCUT2D eigenvalue weighted by Crippen LogP contribution is 2.21. The van der Waals surface area contributed by atoms with Gasteiger partial charge in [-0.2, -0.15) is 0 Å². The van der Waals surface area contributed by atoms with Crippen LogP contribution in [0.5, 0.6) is 5.75 Å². The molecule has 0 bridgehead atoms. The topological polar surface area (TPSA) is 38.3 Å². The maximum atomic E-state index is 12.5. The molecule has 3 nitrogen and oxygen atoms in total. The molecule has 0 fully saturated rings. The van der Waals surface area contributed by atoms with Crippen molar-refractivity contribution in [2.75, 3.05) is 11.9 Å². The van der Waals surface area contributed by atoms with Gasteiger partial charge < -0.3 is 10.1 Å². The lowest BCUT2D eigenvalue weighted by Gasteiger charge is -2.14. The van der Waals surface area contributed by atoms with Crippen LogP contribution < -0.4 is 10.1 Å². The van der Waals surface area contributed by atoms with Gasteiger partial charge in [0.15, 0.2) is 0 Å². The Hall–Kier alpha value is -2.29. The van der Waals surface area contributed by atoms with Crippen molar-refractivity contribution in [3.05, 3.63) is 59.7 Å². The first-order valence-corrected chi connectivity index (χ1v) is 9.47. The van der Waals surface area contributed by atoms with Gasteiger partial charge in [-0.05, 0) is 60.6 Å². The van der Waals surface area contributed by atoms with Crippen molar-refractivity contribution in [1.82, 2.24) is 0 Å². The third-order valence-electron chi connectivity index (χ3n) is 4.22. The predicted molar refractivity (Wildman–Crippen MR) is 109 cm³/mol. The highest BCUT2D eigenvalue weighted by molar-refractivity contribution is 5.95. The van der Waals surface area contributed by atoms with Crippen molar-refractivity contribution in [3.63, 3.8) is 0 Å². The first-order chi connectivity index (χ1) is 12.3. The first kappa shape index (κ1) is 20.0. The predicted octanol–water partition coefficient (Wildman–Crippen LogP) is 5.66. The summed E-state index contributed by atoms with van der Waals surface area (Å²) in [5.41, 5.74) is 3.13. The lowest BCUT2D eigenvalue weighted by atomic mass is 9.96. The molecule has 1 atom stereocenters. The Bertz CT molecular complexity index is 687. The fraction of sp³-hybridized carbons (Fsp3) is 0.435. The Morgan fingerprint density at radius 3 is 2.04 bits per heavy atom. The van der Waals surface area contributed by atoms with Gasteiger partial charge in [-0.3, -0.25) is 4.79 Å². The Kier molecular flexibility index (Phi) is 7.26. The zero-order chi connectivity index (χ0) is 19.1. The number of hydrogen-bond donors (Lipinski definition) is 1. The number of carbonyl (C=O) groups is 1. The molecule has 0 saturated carbocycles. The van der Waals surface area contributed by atoms with Crippen LogP contribution in [-0.2, 0) is 11.2 Å². The van der Waals surface area contributed by atoms with Gasteiger partial charge in [0.2, 0.25) is 5.91 Å². The summed E-state index contributed by atoms with van der Waals surface area (Å²) in [6.07, 6.45) is 1.06. The summed E-state index contributed by atoms with van der Waals surface area (Å²) in [4.78, 5) is 12.5. The summed E-state index contributed by atoms with van der Waals surface area (Å²) in [5, 5.41) is 2.98. The van der Waals surface area contributed by atoms with Crippen molar-refractivity contribution in [3.8, 4) is 5.75 Å². The second-order valence-corrected chi connectivity index (χ2v) is 7.78. The lowest BCUT2D eigenvalue weighted by molar-refractivity contribution is -0.117. The molecular weight excluding hydrogens is 322 g/mol. The minimum Gasteiger partial charge on any atom is -0.493 e. The second kappa shape index (κ2) is 9.42. The molecule has 2 aromatic rings. The number of hydrogen-bond acceptors (Lipinski definition) is 2. The molecule has 2 rings (SSSR count). The third kappa shape index (κ3) is 6.21. The number of rotatable bonds is 8. The van der Waals surface area contributed by atoms with Gasteiger partial charge in [0, 0.05) is 5.69 Å². The number of benzene rings is 2. The molecule has 0 aliphatic heterocycles. The normalized spacial score (nSPS) is 12.3. The summed E-state index contributed by atoms with van der Waals surface area (Å²) >= 11 is 0. The zero-order valence-corrected chi connectivity index (χ0v) is 16.6. The fourth-order valence-electron chi connectivity index (χ4n) is 2.71. The van der Waals surface area contributed by atoms with Crippen LogP contribution in [0.3, 0.4) is 0 Å². The Morgan fingerprint density at radius 2 is 1.50 bits per heavy atom. The van der Waals surface area contributed by atoms with E-state index in [0.717, 1.165) is 23.4 Å². The summed E-state index contributed by atoms with van der Waals surface area (Å²) < 4.78 is 5.67. The van der Waals surface area contributed by atoms with E-state index in [1.165, 1.54) is 5.56 Å². The maximum absolute atomic E-state index is 12.5. The van der Waals surface area contributed by atoms with E-state index in [2.05, 4.69) is 57.3 Å². The standard InChI is InChI=1S/C23H31NO2/c1-16(2)14-19-6-8-20(9-7-19)18(5)23(25)24-21-10-12-22(13-11-21)26-15-17(3)4/h6-13,16-18H,14-15H2,1-5H3,(H,24,25). The average molecular weight is 354 g/mol. The van der Waals surface area contributed by atoms with E-state index in [1.54, 1.807) is 0 Å². The van der Waals surface area contributed by atoms with E-state index in [-0.39, 0.29) is 11.8 Å². The quantitative estimate of drug-likeness (QED) is 0.665. The SMILES string of the molecule is CC(C)COc1ccc(NC(=O)C(C)c2ccc(CC(C)C)cc2)cc1. The van der Waals surface area contributed by atoms with Gasteiger partial charge in [-0.1, -0.05) is 52.0 Å². The molecule has 0 heterocycles. The summed E-state index contributed by atoms with van der Waals surface area (Å²) in [7, 11) is 0. The Balaban J connectivity index is 1.93. The Labute approximate surface area is 157 Å². The van der Waals surface area contributed by atoms with Gasteiger partial charge in [0.1, 0.15) is 5.75 Å². The van der Waals surface area contributed by atoms with Crippen molar-refractivity contribution in [2.24, 2.45) is 11.8 Å². The minimum absolute atomic E-state index is 0.00235. The highest BCUT2D eigenvalue weighted by Gasteiger charge is 2.15. The number of nitrogens with one attached hydrogen (secondary N) is 1. The molecule has 2 aromatic carbocycles. The molecule has 0 spiro atoms. The summed E-state index contributed by atoms with van der Waals surface area (Å²) in [5.74, 6) is 1.75. The van der Waals surface area contributed by atoms with Crippen molar-refractivity contribution >= 4 is 11.6 Å². The molecular formula is C23H31NO2. The summed E-state index contributed by atoms with van der Waals surface area (Å²) in [6, 6.07) is 15.9. The lowest BCUT2D eigenvalue weighted by Crippen LogP contribution is -2.18. The number of anilines is 1. The van der Waals surface area contributed by atoms with Gasteiger partial charge in [-0.15, -0.1) is 0 Å². The largest absolute Gasteiger partial charge is 0.493 e. The smallest absolute Gasteiger partial charge is 0.231 e. The van der Waals surface area contributed by atoms with E-state index < -0.39 is 0 Å². The van der Waals surface area contributed by atoms with Crippen molar-refractivity contribution in [1.29, 1.82) is 0 Å². The number of amides is 1. The molecule has 1 amide bonds. The van der Waals surface area contributed by atoms with E-state index >= 15 is 0 Å². The van der Waals surface area contributed by atoms with E-state index in [4.69, 9.17) is 4.74 Å². The van der Waals surface area contributed by atoms with E-state index in [0.29, 0.717) is 18.4 Å². The van der Waals surface area contributed by atoms with Crippen molar-refractivity contribution in [2.45, 2.75) is 47.0 Å². The first-order valence-electron chi connectivity index (χ1n) is 9.47. The maximum Gasteiger partial charge on any atom is 0.231 e. The van der Waals surface area contributed by atoms with Crippen LogP contribution >= 0.6 is 0 Å². The number of carbonyl (C=O) groups excluding carboxylic acids is 1. The molecule has 1 N–H and O–H groups in total. The van der Waals surface area contributed by atoms with Crippen LogP contribution in [-0.4, -0.2) is 12.5 Å². The molecule has 3 heteroatoms. The molecule has 0 aliphatic rings. The third-order valence-corrected chi connectivity index (χ3v) is 4.22. The Morgan fingerprint density at radius 1 is 0.885 bits per heavy atom. The van der Waals surface area contributed by atoms with Gasteiger partial charge in [0.25, 0.3) is 0 Å². The van der Waals surface area contributed by atoms with Crippen molar-refractivity contribution < 1.29 is 9.53 Å². The van der Waals surface area contributed by atoms with Gasteiger partial charge in [-0.25, -0.2) is 0 Å². The van der Waals surface area contributed by atoms with Gasteiger partial charge >= 0.3 is 0 Å². The minimum atomic E-state index is -0.194. The number of ether oxygens (including phenoxy) is 1. The molecule has 1 unspecified atom stereocenters. The molecule has 0 radical (unpaired) electrons. The van der Waals surface area contributed by atoms with Crippen LogP contribution in [0.2, 0.25) is 0 Å². The molecule has 26 heavy (non-hydrogen) atoms. The van der Waals surface area contributed by atoms with E-state index in [1.807, 2.05) is 31.2 Å². The molecule has 0 saturated heterocycles. The van der Waals surface area contributed by atoms with Crippen LogP contribution in [0.15, 0.2) is 48.5 Å². The van der Waals surface area contributed by atoms with Crippen LogP contribution in [0.25, 0.3) is 0 Å². The monoisotopic (exact) mass is 353 g/mol. The highest BCUT2D eigenvalue weighted by atomic mass is 16.5.